The summed E-state index contributed by atoms with van der Waals surface area (Å²) in [5.74, 6) is -2.50. The number of benzene rings is 1. The van der Waals surface area contributed by atoms with Gasteiger partial charge in [0.2, 0.25) is 5.92 Å². The number of rotatable bonds is 5. The Kier molecular flexibility index (Phi) is 5.18. The van der Waals surface area contributed by atoms with Crippen molar-refractivity contribution in [1.29, 1.82) is 0 Å². The fraction of sp³-hybridized carbons (Fsp3) is 0.632. The molecule has 0 saturated heterocycles. The molecular weight excluding hydrogens is 310 g/mol. The lowest BCUT2D eigenvalue weighted by Crippen LogP contribution is -2.57. The van der Waals surface area contributed by atoms with Gasteiger partial charge >= 0.3 is 0 Å². The Balaban J connectivity index is 1.56. The smallest absolute Gasteiger partial charge is 0.251 e. The van der Waals surface area contributed by atoms with Crippen LogP contribution in [0.4, 0.5) is 8.78 Å². The first-order valence-electron chi connectivity index (χ1n) is 8.94. The average Bonchev–Trinajstić information content (AvgIpc) is 2.55. The van der Waals surface area contributed by atoms with Crippen molar-refractivity contribution in [3.8, 4) is 0 Å². The van der Waals surface area contributed by atoms with E-state index in [4.69, 9.17) is 0 Å². The van der Waals surface area contributed by atoms with Crippen LogP contribution in [-0.2, 0) is 0 Å². The van der Waals surface area contributed by atoms with Gasteiger partial charge in [-0.25, -0.2) is 8.78 Å². The quantitative estimate of drug-likeness (QED) is 0.860. The molecule has 3 rings (SSSR count). The van der Waals surface area contributed by atoms with E-state index in [1.807, 2.05) is 25.1 Å². The summed E-state index contributed by atoms with van der Waals surface area (Å²) in [6.45, 7) is 1.99. The summed E-state index contributed by atoms with van der Waals surface area (Å²) >= 11 is 0. The highest BCUT2D eigenvalue weighted by Gasteiger charge is 2.47. The van der Waals surface area contributed by atoms with Crippen molar-refractivity contribution in [3.63, 3.8) is 0 Å². The summed E-state index contributed by atoms with van der Waals surface area (Å²) < 4.78 is 26.2. The SMILES string of the molecule is CC(N[C@@H]1CCCC[C@H]1NC(=O)c1ccccc1)C1CC(F)(F)C1. The number of carbonyl (C=O) groups is 1. The van der Waals surface area contributed by atoms with Crippen LogP contribution < -0.4 is 10.6 Å². The number of nitrogens with one attached hydrogen (secondary N) is 2. The van der Waals surface area contributed by atoms with Crippen LogP contribution in [0.5, 0.6) is 0 Å². The molecule has 0 bridgehead atoms. The Morgan fingerprint density at radius 2 is 1.75 bits per heavy atom. The van der Waals surface area contributed by atoms with E-state index in [-0.39, 0.29) is 42.8 Å². The molecule has 3 atom stereocenters. The molecule has 2 saturated carbocycles. The molecule has 5 heteroatoms. The van der Waals surface area contributed by atoms with Gasteiger partial charge in [0.25, 0.3) is 5.91 Å². The summed E-state index contributed by atoms with van der Waals surface area (Å²) in [6.07, 6.45) is 4.08. The Morgan fingerprint density at radius 1 is 1.12 bits per heavy atom. The fourth-order valence-corrected chi connectivity index (χ4v) is 3.88. The number of amides is 1. The van der Waals surface area contributed by atoms with Crippen LogP contribution in [0.15, 0.2) is 30.3 Å². The minimum Gasteiger partial charge on any atom is -0.348 e. The van der Waals surface area contributed by atoms with E-state index >= 15 is 0 Å². The number of alkyl halides is 2. The third kappa shape index (κ3) is 4.12. The van der Waals surface area contributed by atoms with Gasteiger partial charge in [-0.2, -0.15) is 0 Å². The molecule has 1 aromatic carbocycles. The van der Waals surface area contributed by atoms with Gasteiger partial charge in [0.15, 0.2) is 0 Å². The fourth-order valence-electron chi connectivity index (χ4n) is 3.88. The molecule has 0 aromatic heterocycles. The molecule has 3 nitrogen and oxygen atoms in total. The Labute approximate surface area is 142 Å². The number of hydrogen-bond donors (Lipinski definition) is 2. The molecule has 0 heterocycles. The monoisotopic (exact) mass is 336 g/mol. The predicted octanol–water partition coefficient (Wildman–Crippen LogP) is 3.75. The van der Waals surface area contributed by atoms with E-state index in [0.29, 0.717) is 5.56 Å². The Bertz CT molecular complexity index is 556. The van der Waals surface area contributed by atoms with Gasteiger partial charge < -0.3 is 10.6 Å². The minimum atomic E-state index is -2.48. The van der Waals surface area contributed by atoms with Crippen molar-refractivity contribution in [3.05, 3.63) is 35.9 Å². The summed E-state index contributed by atoms with van der Waals surface area (Å²) in [5.41, 5.74) is 0.661. The highest BCUT2D eigenvalue weighted by Crippen LogP contribution is 2.44. The maximum atomic E-state index is 13.1. The maximum absolute atomic E-state index is 13.1. The van der Waals surface area contributed by atoms with Crippen molar-refractivity contribution in [2.75, 3.05) is 0 Å². The summed E-state index contributed by atoms with van der Waals surface area (Å²) in [6, 6.07) is 9.49. The molecule has 2 aliphatic carbocycles. The average molecular weight is 336 g/mol. The van der Waals surface area contributed by atoms with E-state index in [1.165, 1.54) is 0 Å². The first kappa shape index (κ1) is 17.3. The molecule has 1 amide bonds. The highest BCUT2D eigenvalue weighted by molar-refractivity contribution is 5.94. The zero-order valence-electron chi connectivity index (χ0n) is 14.1. The van der Waals surface area contributed by atoms with Crippen molar-refractivity contribution >= 4 is 5.91 Å². The molecule has 2 fully saturated rings. The third-order valence-corrected chi connectivity index (χ3v) is 5.42. The Hall–Kier alpha value is -1.49. The summed E-state index contributed by atoms with van der Waals surface area (Å²) in [5, 5.41) is 6.65. The van der Waals surface area contributed by atoms with Gasteiger partial charge in [-0.05, 0) is 37.8 Å². The molecule has 2 N–H and O–H groups in total. The van der Waals surface area contributed by atoms with E-state index in [0.717, 1.165) is 25.7 Å². The first-order chi connectivity index (χ1) is 11.4. The lowest BCUT2D eigenvalue weighted by molar-refractivity contribution is -0.118. The normalized spacial score (nSPS) is 28.0. The second kappa shape index (κ2) is 7.18. The van der Waals surface area contributed by atoms with Crippen molar-refractivity contribution in [2.45, 2.75) is 69.5 Å². The predicted molar refractivity (Wildman–Crippen MR) is 90.2 cm³/mol. The van der Waals surface area contributed by atoms with Gasteiger partial charge in [-0.3, -0.25) is 4.79 Å². The summed E-state index contributed by atoms with van der Waals surface area (Å²) in [7, 11) is 0. The lowest BCUT2D eigenvalue weighted by atomic mass is 9.76. The van der Waals surface area contributed by atoms with Gasteiger partial charge in [0.1, 0.15) is 0 Å². The maximum Gasteiger partial charge on any atom is 0.251 e. The zero-order chi connectivity index (χ0) is 17.2. The molecular formula is C19H26F2N2O. The van der Waals surface area contributed by atoms with Crippen LogP contribution in [0.3, 0.4) is 0 Å². The molecule has 24 heavy (non-hydrogen) atoms. The molecule has 0 spiro atoms. The van der Waals surface area contributed by atoms with Crippen LogP contribution in [0.25, 0.3) is 0 Å². The number of hydrogen-bond acceptors (Lipinski definition) is 2. The van der Waals surface area contributed by atoms with Gasteiger partial charge in [-0.1, -0.05) is 31.0 Å². The molecule has 1 unspecified atom stereocenters. The van der Waals surface area contributed by atoms with Crippen LogP contribution in [-0.4, -0.2) is 30.0 Å². The standard InChI is InChI=1S/C19H26F2N2O/c1-13(15-11-19(20,21)12-15)22-16-9-5-6-10-17(16)23-18(24)14-7-3-2-4-8-14/h2-4,7-8,13,15-17,22H,5-6,9-12H2,1H3,(H,23,24)/t13?,16-,17-/m1/s1. The van der Waals surface area contributed by atoms with Gasteiger partial charge in [0.05, 0.1) is 0 Å². The topological polar surface area (TPSA) is 41.1 Å². The molecule has 0 aliphatic heterocycles. The van der Waals surface area contributed by atoms with E-state index < -0.39 is 5.92 Å². The number of carbonyl (C=O) groups excluding carboxylic acids is 1. The summed E-state index contributed by atoms with van der Waals surface area (Å²) in [4.78, 5) is 12.4. The second-order valence-electron chi connectivity index (χ2n) is 7.32. The lowest BCUT2D eigenvalue weighted by Gasteiger charge is -2.42. The largest absolute Gasteiger partial charge is 0.348 e. The van der Waals surface area contributed by atoms with Crippen molar-refractivity contribution in [2.24, 2.45) is 5.92 Å². The number of halogens is 2. The molecule has 132 valence electrons. The highest BCUT2D eigenvalue weighted by atomic mass is 19.3. The van der Waals surface area contributed by atoms with E-state index in [9.17, 15) is 13.6 Å². The van der Waals surface area contributed by atoms with Gasteiger partial charge in [-0.15, -0.1) is 0 Å². The molecule has 2 aliphatic rings. The van der Waals surface area contributed by atoms with E-state index in [2.05, 4.69) is 10.6 Å². The minimum absolute atomic E-state index is 0.0189. The van der Waals surface area contributed by atoms with Crippen molar-refractivity contribution < 1.29 is 13.6 Å². The Morgan fingerprint density at radius 3 is 2.38 bits per heavy atom. The van der Waals surface area contributed by atoms with Crippen LogP contribution in [0.2, 0.25) is 0 Å². The first-order valence-corrected chi connectivity index (χ1v) is 8.94. The van der Waals surface area contributed by atoms with Gasteiger partial charge in [0, 0.05) is 36.5 Å². The second-order valence-corrected chi connectivity index (χ2v) is 7.32. The van der Waals surface area contributed by atoms with E-state index in [1.54, 1.807) is 12.1 Å². The molecule has 1 aromatic rings. The molecule has 0 radical (unpaired) electrons. The van der Waals surface area contributed by atoms with Crippen molar-refractivity contribution in [1.82, 2.24) is 10.6 Å². The third-order valence-electron chi connectivity index (χ3n) is 5.42. The van der Waals surface area contributed by atoms with Crippen LogP contribution >= 0.6 is 0 Å². The van der Waals surface area contributed by atoms with Crippen LogP contribution in [0.1, 0.15) is 55.8 Å². The van der Waals surface area contributed by atoms with Crippen LogP contribution in [0, 0.1) is 5.92 Å². The zero-order valence-corrected chi connectivity index (χ0v) is 14.1.